The first-order valence-electron chi connectivity index (χ1n) is 6.89. The summed E-state index contributed by atoms with van der Waals surface area (Å²) in [4.78, 5) is 25.8. The first kappa shape index (κ1) is 15.4. The van der Waals surface area contributed by atoms with Crippen LogP contribution in [0.15, 0.2) is 18.2 Å². The van der Waals surface area contributed by atoms with Crippen LogP contribution in [0.4, 0.5) is 8.78 Å². The Morgan fingerprint density at radius 3 is 2.48 bits per heavy atom. The average Bonchev–Trinajstić information content (AvgIpc) is 2.81. The maximum atomic E-state index is 13.2. The largest absolute Gasteiger partial charge is 0.356 e. The van der Waals surface area contributed by atoms with Crippen LogP contribution in [0.1, 0.15) is 30.6 Å². The third kappa shape index (κ3) is 3.20. The van der Waals surface area contributed by atoms with E-state index in [9.17, 15) is 18.4 Å². The molecule has 21 heavy (non-hydrogen) atoms. The first-order valence-corrected chi connectivity index (χ1v) is 6.89. The predicted octanol–water partition coefficient (Wildman–Crippen LogP) is 1.95. The number of nitrogens with zero attached hydrogens (tertiary/aromatic N) is 1. The number of halogens is 2. The van der Waals surface area contributed by atoms with Crippen molar-refractivity contribution in [2.24, 2.45) is 5.41 Å². The lowest BCUT2D eigenvalue weighted by atomic mass is 9.89. The van der Waals surface area contributed by atoms with Gasteiger partial charge < -0.3 is 10.2 Å². The predicted molar refractivity (Wildman–Crippen MR) is 73.7 cm³/mol. The lowest BCUT2D eigenvalue weighted by Crippen LogP contribution is -2.41. The van der Waals surface area contributed by atoms with Gasteiger partial charge in [0.25, 0.3) is 5.91 Å². The third-order valence-electron chi connectivity index (χ3n) is 3.76. The van der Waals surface area contributed by atoms with Crippen LogP contribution in [-0.4, -0.2) is 36.3 Å². The zero-order valence-electron chi connectivity index (χ0n) is 12.1. The summed E-state index contributed by atoms with van der Waals surface area (Å²) in [6.45, 7) is 4.78. The van der Waals surface area contributed by atoms with Gasteiger partial charge in [0.2, 0.25) is 5.91 Å². The standard InChI is InChI=1S/C15H18F2N2O2/c1-3-18-14(21)15(2)4-5-19(9-15)13(20)10-6-11(16)8-12(17)7-10/h6-8H,3-5,9H2,1-2H3,(H,18,21). The van der Waals surface area contributed by atoms with Gasteiger partial charge in [0.15, 0.2) is 0 Å². The van der Waals surface area contributed by atoms with Gasteiger partial charge in [0, 0.05) is 31.3 Å². The van der Waals surface area contributed by atoms with Crippen LogP contribution in [-0.2, 0) is 4.79 Å². The van der Waals surface area contributed by atoms with E-state index in [4.69, 9.17) is 0 Å². The average molecular weight is 296 g/mol. The van der Waals surface area contributed by atoms with Gasteiger partial charge in [-0.15, -0.1) is 0 Å². The molecule has 0 aliphatic carbocycles. The molecule has 0 aromatic heterocycles. The Balaban J connectivity index is 2.13. The SMILES string of the molecule is CCNC(=O)C1(C)CCN(C(=O)c2cc(F)cc(F)c2)C1. The minimum Gasteiger partial charge on any atom is -0.356 e. The van der Waals surface area contributed by atoms with Gasteiger partial charge in [-0.05, 0) is 32.4 Å². The summed E-state index contributed by atoms with van der Waals surface area (Å²) in [6, 6.07) is 2.74. The Labute approximate surface area is 122 Å². The van der Waals surface area contributed by atoms with Crippen molar-refractivity contribution in [2.45, 2.75) is 20.3 Å². The summed E-state index contributed by atoms with van der Waals surface area (Å²) in [5, 5.41) is 2.75. The van der Waals surface area contributed by atoms with Crippen molar-refractivity contribution in [1.82, 2.24) is 10.2 Å². The van der Waals surface area contributed by atoms with E-state index in [0.29, 0.717) is 19.5 Å². The van der Waals surface area contributed by atoms with Crippen LogP contribution >= 0.6 is 0 Å². The molecular formula is C15H18F2N2O2. The molecule has 0 radical (unpaired) electrons. The highest BCUT2D eigenvalue weighted by Crippen LogP contribution is 2.31. The summed E-state index contributed by atoms with van der Waals surface area (Å²) < 4.78 is 26.4. The number of hydrogen-bond donors (Lipinski definition) is 1. The van der Waals surface area contributed by atoms with Gasteiger partial charge in [-0.3, -0.25) is 9.59 Å². The molecule has 1 atom stereocenters. The molecular weight excluding hydrogens is 278 g/mol. The van der Waals surface area contributed by atoms with E-state index < -0.39 is 23.0 Å². The number of carbonyl (C=O) groups is 2. The first-order chi connectivity index (χ1) is 9.85. The van der Waals surface area contributed by atoms with E-state index in [-0.39, 0.29) is 18.0 Å². The number of likely N-dealkylation sites (tertiary alicyclic amines) is 1. The number of hydrogen-bond acceptors (Lipinski definition) is 2. The zero-order valence-corrected chi connectivity index (χ0v) is 12.1. The summed E-state index contributed by atoms with van der Waals surface area (Å²) in [5.41, 5.74) is -0.690. The highest BCUT2D eigenvalue weighted by atomic mass is 19.1. The molecule has 1 aromatic rings. The molecule has 1 heterocycles. The van der Waals surface area contributed by atoms with Crippen molar-refractivity contribution in [3.8, 4) is 0 Å². The van der Waals surface area contributed by atoms with Gasteiger partial charge >= 0.3 is 0 Å². The van der Waals surface area contributed by atoms with Crippen LogP contribution < -0.4 is 5.32 Å². The van der Waals surface area contributed by atoms with Crippen LogP contribution in [0.5, 0.6) is 0 Å². The second-order valence-corrected chi connectivity index (χ2v) is 5.55. The number of benzene rings is 1. The van der Waals surface area contributed by atoms with Gasteiger partial charge in [-0.2, -0.15) is 0 Å². The molecule has 1 aliphatic rings. The molecule has 0 bridgehead atoms. The van der Waals surface area contributed by atoms with E-state index in [1.54, 1.807) is 6.92 Å². The smallest absolute Gasteiger partial charge is 0.254 e. The summed E-state index contributed by atoms with van der Waals surface area (Å²) in [6.07, 6.45) is 0.530. The highest BCUT2D eigenvalue weighted by molar-refractivity contribution is 5.95. The van der Waals surface area contributed by atoms with E-state index in [2.05, 4.69) is 5.32 Å². The second-order valence-electron chi connectivity index (χ2n) is 5.55. The molecule has 2 rings (SSSR count). The lowest BCUT2D eigenvalue weighted by Gasteiger charge is -2.23. The van der Waals surface area contributed by atoms with E-state index in [1.807, 2.05) is 6.92 Å². The zero-order chi connectivity index (χ0) is 15.6. The Morgan fingerprint density at radius 2 is 1.90 bits per heavy atom. The highest BCUT2D eigenvalue weighted by Gasteiger charge is 2.41. The van der Waals surface area contributed by atoms with Crippen molar-refractivity contribution in [3.63, 3.8) is 0 Å². The number of rotatable bonds is 3. The maximum absolute atomic E-state index is 13.2. The number of carbonyl (C=O) groups excluding carboxylic acids is 2. The normalized spacial score (nSPS) is 21.4. The molecule has 1 N–H and O–H groups in total. The Kier molecular flexibility index (Phi) is 4.25. The molecule has 1 aliphatic heterocycles. The fraction of sp³-hybridized carbons (Fsp3) is 0.467. The Hall–Kier alpha value is -1.98. The number of nitrogens with one attached hydrogen (secondary N) is 1. The molecule has 1 unspecified atom stereocenters. The maximum Gasteiger partial charge on any atom is 0.254 e. The van der Waals surface area contributed by atoms with Crippen LogP contribution in [0, 0.1) is 17.0 Å². The van der Waals surface area contributed by atoms with Crippen molar-refractivity contribution in [1.29, 1.82) is 0 Å². The van der Waals surface area contributed by atoms with E-state index >= 15 is 0 Å². The summed E-state index contributed by atoms with van der Waals surface area (Å²) in [7, 11) is 0. The van der Waals surface area contributed by atoms with Gasteiger partial charge in [-0.1, -0.05) is 0 Å². The quantitative estimate of drug-likeness (QED) is 0.927. The number of amides is 2. The van der Waals surface area contributed by atoms with Crippen molar-refractivity contribution >= 4 is 11.8 Å². The van der Waals surface area contributed by atoms with Crippen LogP contribution in [0.25, 0.3) is 0 Å². The summed E-state index contributed by atoms with van der Waals surface area (Å²) in [5.74, 6) is -2.14. The second kappa shape index (κ2) is 5.79. The lowest BCUT2D eigenvalue weighted by molar-refractivity contribution is -0.129. The Bertz CT molecular complexity index is 557. The van der Waals surface area contributed by atoms with Gasteiger partial charge in [0.05, 0.1) is 5.41 Å². The van der Waals surface area contributed by atoms with Crippen LogP contribution in [0.3, 0.4) is 0 Å². The third-order valence-corrected chi connectivity index (χ3v) is 3.76. The molecule has 6 heteroatoms. The molecule has 114 valence electrons. The monoisotopic (exact) mass is 296 g/mol. The van der Waals surface area contributed by atoms with E-state index in [1.165, 1.54) is 4.90 Å². The minimum absolute atomic E-state index is 0.0346. The molecule has 0 spiro atoms. The fourth-order valence-corrected chi connectivity index (χ4v) is 2.55. The molecule has 4 nitrogen and oxygen atoms in total. The van der Waals surface area contributed by atoms with Crippen LogP contribution in [0.2, 0.25) is 0 Å². The van der Waals surface area contributed by atoms with Crippen molar-refractivity contribution in [3.05, 3.63) is 35.4 Å². The van der Waals surface area contributed by atoms with Crippen molar-refractivity contribution < 1.29 is 18.4 Å². The van der Waals surface area contributed by atoms with E-state index in [0.717, 1.165) is 18.2 Å². The molecule has 2 amide bonds. The molecule has 0 saturated carbocycles. The topological polar surface area (TPSA) is 49.4 Å². The molecule has 1 saturated heterocycles. The Morgan fingerprint density at radius 1 is 1.29 bits per heavy atom. The fourth-order valence-electron chi connectivity index (χ4n) is 2.55. The minimum atomic E-state index is -0.788. The van der Waals surface area contributed by atoms with Gasteiger partial charge in [0.1, 0.15) is 11.6 Å². The molecule has 1 aromatic carbocycles. The summed E-state index contributed by atoms with van der Waals surface area (Å²) >= 11 is 0. The molecule has 1 fully saturated rings. The van der Waals surface area contributed by atoms with Gasteiger partial charge in [-0.25, -0.2) is 8.78 Å². The van der Waals surface area contributed by atoms with Crippen molar-refractivity contribution in [2.75, 3.05) is 19.6 Å².